The molecule has 1 aromatic carbocycles. The number of rotatable bonds is 2. The van der Waals surface area contributed by atoms with Crippen molar-refractivity contribution >= 4 is 11.9 Å². The Morgan fingerprint density at radius 2 is 1.95 bits per heavy atom. The van der Waals surface area contributed by atoms with Crippen LogP contribution < -0.4 is 5.73 Å². The third-order valence-corrected chi connectivity index (χ3v) is 3.33. The average molecular weight is 262 g/mol. The lowest BCUT2D eigenvalue weighted by Gasteiger charge is -2.35. The smallest absolute Gasteiger partial charge is 0.310 e. The molecule has 1 heterocycles. The fourth-order valence-corrected chi connectivity index (χ4v) is 2.40. The Bertz CT molecular complexity index is 461. The fourth-order valence-electron chi connectivity index (χ4n) is 2.40. The molecule has 2 N–H and O–H groups in total. The molecule has 1 saturated heterocycles. The monoisotopic (exact) mass is 262 g/mol. The van der Waals surface area contributed by atoms with Crippen molar-refractivity contribution in [2.24, 2.45) is 11.7 Å². The Balaban J connectivity index is 2.11. The van der Waals surface area contributed by atoms with Gasteiger partial charge in [0.25, 0.3) is 5.91 Å². The van der Waals surface area contributed by atoms with Gasteiger partial charge in [-0.1, -0.05) is 18.2 Å². The zero-order valence-electron chi connectivity index (χ0n) is 10.9. The number of methoxy groups -OCH3 is 1. The lowest BCUT2D eigenvalue weighted by Crippen LogP contribution is -2.51. The third kappa shape index (κ3) is 3.12. The van der Waals surface area contributed by atoms with Crippen molar-refractivity contribution in [1.82, 2.24) is 4.90 Å². The van der Waals surface area contributed by atoms with E-state index in [2.05, 4.69) is 0 Å². The molecular formula is C14H18N2O3. The standard InChI is InChI=1S/C14H18N2O3/c1-19-14(18)11-7-12(15)9-16(8-11)13(17)10-5-3-2-4-6-10/h2-6,11-12H,7-9,15H2,1H3. The summed E-state index contributed by atoms with van der Waals surface area (Å²) in [7, 11) is 1.35. The Hall–Kier alpha value is -1.88. The molecule has 1 amide bonds. The van der Waals surface area contributed by atoms with E-state index in [9.17, 15) is 9.59 Å². The summed E-state index contributed by atoms with van der Waals surface area (Å²) in [5.74, 6) is -0.730. The number of carbonyl (C=O) groups is 2. The summed E-state index contributed by atoms with van der Waals surface area (Å²) < 4.78 is 4.74. The maximum Gasteiger partial charge on any atom is 0.310 e. The summed E-state index contributed by atoms with van der Waals surface area (Å²) >= 11 is 0. The van der Waals surface area contributed by atoms with Crippen LogP contribution in [0.4, 0.5) is 0 Å². The first-order chi connectivity index (χ1) is 9.11. The lowest BCUT2D eigenvalue weighted by molar-refractivity contribution is -0.147. The molecule has 1 aliphatic rings. The highest BCUT2D eigenvalue weighted by Gasteiger charge is 2.33. The van der Waals surface area contributed by atoms with E-state index >= 15 is 0 Å². The second kappa shape index (κ2) is 5.84. The van der Waals surface area contributed by atoms with Crippen molar-refractivity contribution in [3.8, 4) is 0 Å². The van der Waals surface area contributed by atoms with Gasteiger partial charge in [0.15, 0.2) is 0 Å². The van der Waals surface area contributed by atoms with E-state index in [4.69, 9.17) is 10.5 Å². The molecule has 0 aliphatic carbocycles. The molecule has 102 valence electrons. The highest BCUT2D eigenvalue weighted by molar-refractivity contribution is 5.94. The molecule has 2 rings (SSSR count). The number of nitrogens with two attached hydrogens (primary N) is 1. The van der Waals surface area contributed by atoms with Crippen molar-refractivity contribution in [1.29, 1.82) is 0 Å². The number of ether oxygens (including phenoxy) is 1. The van der Waals surface area contributed by atoms with Crippen LogP contribution in [0.25, 0.3) is 0 Å². The van der Waals surface area contributed by atoms with E-state index in [-0.39, 0.29) is 23.8 Å². The summed E-state index contributed by atoms with van der Waals surface area (Å²) in [6.07, 6.45) is 0.561. The quantitative estimate of drug-likeness (QED) is 0.794. The van der Waals surface area contributed by atoms with Crippen LogP contribution in [0.5, 0.6) is 0 Å². The molecule has 0 bridgehead atoms. The molecule has 0 radical (unpaired) electrons. The summed E-state index contributed by atoms with van der Waals surface area (Å²) in [5.41, 5.74) is 6.53. The third-order valence-electron chi connectivity index (χ3n) is 3.33. The number of carbonyl (C=O) groups excluding carboxylic acids is 2. The first-order valence-electron chi connectivity index (χ1n) is 6.29. The minimum atomic E-state index is -0.332. The van der Waals surface area contributed by atoms with Crippen molar-refractivity contribution in [3.63, 3.8) is 0 Å². The van der Waals surface area contributed by atoms with Crippen LogP contribution in [0.3, 0.4) is 0 Å². The van der Waals surface area contributed by atoms with Crippen molar-refractivity contribution < 1.29 is 14.3 Å². The predicted octanol–water partition coefficient (Wildman–Crippen LogP) is 0.649. The maximum atomic E-state index is 12.3. The van der Waals surface area contributed by atoms with Crippen molar-refractivity contribution in [2.75, 3.05) is 20.2 Å². The Morgan fingerprint density at radius 3 is 2.58 bits per heavy atom. The Labute approximate surface area is 112 Å². The van der Waals surface area contributed by atoms with E-state index in [1.165, 1.54) is 7.11 Å². The van der Waals surface area contributed by atoms with Gasteiger partial charge in [-0.05, 0) is 18.6 Å². The number of esters is 1. The van der Waals surface area contributed by atoms with Gasteiger partial charge < -0.3 is 15.4 Å². The van der Waals surface area contributed by atoms with Crippen LogP contribution in [-0.4, -0.2) is 43.0 Å². The van der Waals surface area contributed by atoms with Crippen LogP contribution in [-0.2, 0) is 9.53 Å². The number of nitrogens with zero attached hydrogens (tertiary/aromatic N) is 1. The largest absolute Gasteiger partial charge is 0.469 e. The number of hydrogen-bond donors (Lipinski definition) is 1. The number of benzene rings is 1. The van der Waals surface area contributed by atoms with Gasteiger partial charge in [0, 0.05) is 24.7 Å². The number of hydrogen-bond acceptors (Lipinski definition) is 4. The second-order valence-electron chi connectivity index (χ2n) is 4.79. The van der Waals surface area contributed by atoms with Crippen LogP contribution in [0, 0.1) is 5.92 Å². The predicted molar refractivity (Wildman–Crippen MR) is 70.4 cm³/mol. The number of piperidine rings is 1. The van der Waals surface area contributed by atoms with E-state index in [0.29, 0.717) is 25.1 Å². The van der Waals surface area contributed by atoms with E-state index < -0.39 is 0 Å². The first-order valence-corrected chi connectivity index (χ1v) is 6.29. The molecule has 2 atom stereocenters. The van der Waals surface area contributed by atoms with E-state index in [0.717, 1.165) is 0 Å². The molecule has 5 heteroatoms. The number of likely N-dealkylation sites (tertiary alicyclic amines) is 1. The fraction of sp³-hybridized carbons (Fsp3) is 0.429. The van der Waals surface area contributed by atoms with Crippen LogP contribution >= 0.6 is 0 Å². The zero-order chi connectivity index (χ0) is 13.8. The van der Waals surface area contributed by atoms with Gasteiger partial charge in [-0.25, -0.2) is 0 Å². The highest BCUT2D eigenvalue weighted by atomic mass is 16.5. The first kappa shape index (κ1) is 13.5. The Kier molecular flexibility index (Phi) is 4.16. The summed E-state index contributed by atoms with van der Waals surface area (Å²) in [6, 6.07) is 8.82. The molecule has 0 spiro atoms. The highest BCUT2D eigenvalue weighted by Crippen LogP contribution is 2.19. The molecule has 0 aromatic heterocycles. The van der Waals surface area contributed by atoms with Crippen molar-refractivity contribution in [2.45, 2.75) is 12.5 Å². The molecule has 0 saturated carbocycles. The molecule has 1 aliphatic heterocycles. The Morgan fingerprint density at radius 1 is 1.26 bits per heavy atom. The van der Waals surface area contributed by atoms with Crippen LogP contribution in [0.1, 0.15) is 16.8 Å². The van der Waals surface area contributed by atoms with Gasteiger partial charge >= 0.3 is 5.97 Å². The van der Waals surface area contributed by atoms with Crippen LogP contribution in [0.15, 0.2) is 30.3 Å². The molecule has 2 unspecified atom stereocenters. The topological polar surface area (TPSA) is 72.6 Å². The van der Waals surface area contributed by atoms with Gasteiger partial charge in [-0.3, -0.25) is 9.59 Å². The van der Waals surface area contributed by atoms with Gasteiger partial charge in [-0.15, -0.1) is 0 Å². The molecule has 5 nitrogen and oxygen atoms in total. The summed E-state index contributed by atoms with van der Waals surface area (Å²) in [6.45, 7) is 0.843. The van der Waals surface area contributed by atoms with Gasteiger partial charge in [-0.2, -0.15) is 0 Å². The second-order valence-corrected chi connectivity index (χ2v) is 4.79. The maximum absolute atomic E-state index is 12.3. The molecule has 19 heavy (non-hydrogen) atoms. The van der Waals surface area contributed by atoms with E-state index in [1.54, 1.807) is 17.0 Å². The van der Waals surface area contributed by atoms with Crippen molar-refractivity contribution in [3.05, 3.63) is 35.9 Å². The minimum Gasteiger partial charge on any atom is -0.469 e. The SMILES string of the molecule is COC(=O)C1CC(N)CN(C(=O)c2ccccc2)C1. The molecular weight excluding hydrogens is 244 g/mol. The molecule has 1 aromatic rings. The molecule has 1 fully saturated rings. The summed E-state index contributed by atoms with van der Waals surface area (Å²) in [4.78, 5) is 25.6. The van der Waals surface area contributed by atoms with E-state index in [1.807, 2.05) is 18.2 Å². The van der Waals surface area contributed by atoms with Gasteiger partial charge in [0.05, 0.1) is 13.0 Å². The average Bonchev–Trinajstić information content (AvgIpc) is 2.45. The van der Waals surface area contributed by atoms with Gasteiger partial charge in [0.2, 0.25) is 0 Å². The van der Waals surface area contributed by atoms with Crippen LogP contribution in [0.2, 0.25) is 0 Å². The minimum absolute atomic E-state index is 0.0929. The number of amides is 1. The lowest BCUT2D eigenvalue weighted by atomic mass is 9.94. The normalized spacial score (nSPS) is 22.9. The zero-order valence-corrected chi connectivity index (χ0v) is 10.9. The summed E-state index contributed by atoms with van der Waals surface area (Å²) in [5, 5.41) is 0. The van der Waals surface area contributed by atoms with Gasteiger partial charge in [0.1, 0.15) is 0 Å².